The second-order valence-corrected chi connectivity index (χ2v) is 10.6. The molecule has 5 rings (SSSR count). The first-order chi connectivity index (χ1) is 20.3. The number of urea groups is 1. The third kappa shape index (κ3) is 5.49. The monoisotopic (exact) mass is 572 g/mol. The summed E-state index contributed by atoms with van der Waals surface area (Å²) >= 11 is 0. The summed E-state index contributed by atoms with van der Waals surface area (Å²) in [5.41, 5.74) is 0.449. The molecule has 0 radical (unpaired) electrons. The van der Waals surface area contributed by atoms with E-state index in [0.717, 1.165) is 11.1 Å². The van der Waals surface area contributed by atoms with Gasteiger partial charge in [-0.05, 0) is 42.3 Å². The molecule has 218 valence electrons. The van der Waals surface area contributed by atoms with Crippen LogP contribution in [0.25, 0.3) is 0 Å². The van der Waals surface area contributed by atoms with Crippen LogP contribution in [-0.4, -0.2) is 65.4 Å². The molecule has 2 N–H and O–H groups in total. The number of carbonyl (C=O) groups excluding carboxylic acids is 4. The van der Waals surface area contributed by atoms with Crippen molar-refractivity contribution < 1.29 is 28.3 Å². The first kappa shape index (κ1) is 28.9. The summed E-state index contributed by atoms with van der Waals surface area (Å²) in [5.74, 6) is -3.87. The maximum Gasteiger partial charge on any atom is 0.327 e. The molecule has 2 saturated heterocycles. The van der Waals surface area contributed by atoms with Gasteiger partial charge in [-0.15, -0.1) is 0 Å². The molecule has 4 atom stereocenters. The number of rotatable bonds is 9. The zero-order chi connectivity index (χ0) is 29.9. The van der Waals surface area contributed by atoms with Crippen molar-refractivity contribution in [3.8, 4) is 0 Å². The lowest BCUT2D eigenvalue weighted by molar-refractivity contribution is -0.154. The highest BCUT2D eigenvalue weighted by atomic mass is 19.1. The Morgan fingerprint density at radius 3 is 2.17 bits per heavy atom. The van der Waals surface area contributed by atoms with E-state index in [9.17, 15) is 23.6 Å². The van der Waals surface area contributed by atoms with Crippen molar-refractivity contribution in [1.82, 2.24) is 15.1 Å². The van der Waals surface area contributed by atoms with Crippen LogP contribution in [0.3, 0.4) is 0 Å². The lowest BCUT2D eigenvalue weighted by atomic mass is 9.76. The van der Waals surface area contributed by atoms with E-state index in [2.05, 4.69) is 10.6 Å². The van der Waals surface area contributed by atoms with Crippen LogP contribution in [0.4, 0.5) is 14.9 Å². The molecule has 42 heavy (non-hydrogen) atoms. The van der Waals surface area contributed by atoms with Gasteiger partial charge in [0.25, 0.3) is 0 Å². The van der Waals surface area contributed by atoms with Crippen LogP contribution in [0.1, 0.15) is 18.1 Å². The normalized spacial score (nSPS) is 23.0. The van der Waals surface area contributed by atoms with Crippen LogP contribution in [-0.2, 0) is 32.1 Å². The summed E-state index contributed by atoms with van der Waals surface area (Å²) in [4.78, 5) is 57.6. The number of likely N-dealkylation sites (N-methyl/N-ethyl adjacent to an activating group) is 1. The van der Waals surface area contributed by atoms with Crippen molar-refractivity contribution in [2.45, 2.75) is 31.5 Å². The zero-order valence-corrected chi connectivity index (χ0v) is 23.5. The molecule has 2 heterocycles. The number of methoxy groups -OCH3 is 1. The highest BCUT2D eigenvalue weighted by molar-refractivity contribution is 6.09. The van der Waals surface area contributed by atoms with E-state index < -0.39 is 53.0 Å². The number of amides is 4. The van der Waals surface area contributed by atoms with Gasteiger partial charge in [0.1, 0.15) is 11.4 Å². The van der Waals surface area contributed by atoms with Gasteiger partial charge in [0.05, 0.1) is 25.5 Å². The molecular weight excluding hydrogens is 539 g/mol. The molecule has 4 amide bonds. The van der Waals surface area contributed by atoms with Crippen LogP contribution in [0.2, 0.25) is 0 Å². The van der Waals surface area contributed by atoms with Crippen molar-refractivity contribution in [1.29, 1.82) is 0 Å². The van der Waals surface area contributed by atoms with E-state index in [-0.39, 0.29) is 26.1 Å². The van der Waals surface area contributed by atoms with E-state index >= 15 is 0 Å². The van der Waals surface area contributed by atoms with Gasteiger partial charge < -0.3 is 15.0 Å². The highest BCUT2D eigenvalue weighted by Crippen LogP contribution is 2.45. The van der Waals surface area contributed by atoms with Crippen LogP contribution in [0.15, 0.2) is 84.9 Å². The highest BCUT2D eigenvalue weighted by Gasteiger charge is 2.68. The van der Waals surface area contributed by atoms with Crippen molar-refractivity contribution in [2.24, 2.45) is 11.8 Å². The first-order valence-electron chi connectivity index (χ1n) is 13.9. The number of fused-ring (bicyclic) bond motifs is 1. The number of imide groups is 1. The number of anilines is 1. The molecule has 0 spiro atoms. The predicted molar refractivity (Wildman–Crippen MR) is 153 cm³/mol. The maximum atomic E-state index is 14.1. The number of nitrogens with one attached hydrogen (secondary N) is 2. The van der Waals surface area contributed by atoms with Gasteiger partial charge in [-0.1, -0.05) is 60.7 Å². The minimum Gasteiger partial charge on any atom is -0.468 e. The van der Waals surface area contributed by atoms with Gasteiger partial charge in [-0.3, -0.25) is 24.6 Å². The van der Waals surface area contributed by atoms with Gasteiger partial charge in [-0.25, -0.2) is 9.18 Å². The van der Waals surface area contributed by atoms with E-state index in [4.69, 9.17) is 4.74 Å². The minimum absolute atomic E-state index is 0.0381. The van der Waals surface area contributed by atoms with Crippen molar-refractivity contribution in [2.75, 3.05) is 25.5 Å². The quantitative estimate of drug-likeness (QED) is 0.300. The SMILES string of the molecule is CCN(C[C@H]1N[C@@](Cc2ccccc2)(C(=O)OC)[C@H]2C(=O)N(Cc3ccccc3)C(=O)[C@@H]12)C(=O)Nc1ccc(F)cc1. The fraction of sp³-hybridized carbons (Fsp3) is 0.312. The summed E-state index contributed by atoms with van der Waals surface area (Å²) in [6.07, 6.45) is 0.115. The lowest BCUT2D eigenvalue weighted by Crippen LogP contribution is -2.60. The number of halogens is 1. The number of nitrogens with zero attached hydrogens (tertiary/aromatic N) is 2. The van der Waals surface area contributed by atoms with Gasteiger partial charge in [-0.2, -0.15) is 0 Å². The summed E-state index contributed by atoms with van der Waals surface area (Å²) in [6, 6.07) is 22.6. The molecule has 3 aromatic carbocycles. The second-order valence-electron chi connectivity index (χ2n) is 10.6. The molecule has 10 heteroatoms. The summed E-state index contributed by atoms with van der Waals surface area (Å²) in [5, 5.41) is 6.08. The van der Waals surface area contributed by atoms with Crippen molar-refractivity contribution >= 4 is 29.5 Å². The molecule has 9 nitrogen and oxygen atoms in total. The van der Waals surface area contributed by atoms with E-state index in [1.807, 2.05) is 60.7 Å². The average Bonchev–Trinajstić information content (AvgIpc) is 3.46. The van der Waals surface area contributed by atoms with Crippen LogP contribution < -0.4 is 10.6 Å². The molecular formula is C32H33FN4O5. The minimum atomic E-state index is -1.53. The number of hydrogen-bond donors (Lipinski definition) is 2. The van der Waals surface area contributed by atoms with Crippen LogP contribution >= 0.6 is 0 Å². The first-order valence-corrected chi connectivity index (χ1v) is 13.9. The number of esters is 1. The standard InChI is InChI=1S/C32H33FN4O5/c1-3-36(31(41)34-24-16-14-23(33)15-17-24)20-25-26-27(29(39)37(28(26)38)19-22-12-8-5-9-13-22)32(35-25,30(40)42-2)18-21-10-6-4-7-11-21/h4-17,25-27,35H,3,18-20H2,1-2H3,(H,34,41)/t25-,26+,27-,32-/m1/s1. The number of carbonyl (C=O) groups is 4. The maximum absolute atomic E-state index is 14.1. The largest absolute Gasteiger partial charge is 0.468 e. The smallest absolute Gasteiger partial charge is 0.327 e. The Bertz CT molecular complexity index is 1450. The number of ether oxygens (including phenoxy) is 1. The van der Waals surface area contributed by atoms with Crippen molar-refractivity contribution in [3.63, 3.8) is 0 Å². The molecule has 0 bridgehead atoms. The predicted octanol–water partition coefficient (Wildman–Crippen LogP) is 3.61. The molecule has 0 unspecified atom stereocenters. The Morgan fingerprint density at radius 2 is 1.57 bits per heavy atom. The molecule has 0 aromatic heterocycles. The molecule has 0 aliphatic carbocycles. The molecule has 0 saturated carbocycles. The molecule has 3 aromatic rings. The Hall–Kier alpha value is -4.57. The van der Waals surface area contributed by atoms with Crippen LogP contribution in [0, 0.1) is 17.7 Å². The Kier molecular flexibility index (Phi) is 8.35. The Morgan fingerprint density at radius 1 is 0.952 bits per heavy atom. The van der Waals surface area contributed by atoms with Gasteiger partial charge in [0.15, 0.2) is 0 Å². The number of hydrogen-bond acceptors (Lipinski definition) is 6. The Labute approximate surface area is 243 Å². The Balaban J connectivity index is 1.49. The van der Waals surface area contributed by atoms with Crippen LogP contribution in [0.5, 0.6) is 0 Å². The molecule has 2 aliphatic rings. The molecule has 2 fully saturated rings. The topological polar surface area (TPSA) is 108 Å². The third-order valence-corrected chi connectivity index (χ3v) is 8.09. The summed E-state index contributed by atoms with van der Waals surface area (Å²) < 4.78 is 18.6. The summed E-state index contributed by atoms with van der Waals surface area (Å²) in [7, 11) is 1.26. The summed E-state index contributed by atoms with van der Waals surface area (Å²) in [6.45, 7) is 2.18. The van der Waals surface area contributed by atoms with Crippen molar-refractivity contribution in [3.05, 3.63) is 102 Å². The van der Waals surface area contributed by atoms with Gasteiger partial charge in [0.2, 0.25) is 11.8 Å². The fourth-order valence-electron chi connectivity index (χ4n) is 6.11. The van der Waals surface area contributed by atoms with E-state index in [0.29, 0.717) is 5.69 Å². The zero-order valence-electron chi connectivity index (χ0n) is 23.5. The molecule has 2 aliphatic heterocycles. The van der Waals surface area contributed by atoms with E-state index in [1.165, 1.54) is 41.2 Å². The number of likely N-dealkylation sites (tertiary alicyclic amines) is 1. The fourth-order valence-corrected chi connectivity index (χ4v) is 6.11. The number of benzene rings is 3. The third-order valence-electron chi connectivity index (χ3n) is 8.09. The second kappa shape index (κ2) is 12.1. The van der Waals surface area contributed by atoms with E-state index in [1.54, 1.807) is 6.92 Å². The van der Waals surface area contributed by atoms with Gasteiger partial charge >= 0.3 is 12.0 Å². The van der Waals surface area contributed by atoms with Gasteiger partial charge in [0, 0.05) is 31.2 Å². The lowest BCUT2D eigenvalue weighted by Gasteiger charge is -2.33. The average molecular weight is 573 g/mol.